The van der Waals surface area contributed by atoms with Gasteiger partial charge >= 0.3 is 0 Å². The molecule has 0 spiro atoms. The summed E-state index contributed by atoms with van der Waals surface area (Å²) in [6.45, 7) is 14.1. The molecule has 0 bridgehead atoms. The summed E-state index contributed by atoms with van der Waals surface area (Å²) in [4.78, 5) is 37.5. The second kappa shape index (κ2) is 9.07. The minimum Gasteiger partial charge on any atom is -0.361 e. The Kier molecular flexibility index (Phi) is 6.48. The molecule has 8 heteroatoms. The van der Waals surface area contributed by atoms with Crippen molar-refractivity contribution >= 4 is 36.7 Å². The van der Waals surface area contributed by atoms with Crippen LogP contribution in [0.1, 0.15) is 47.1 Å². The Bertz CT molecular complexity index is 1240. The van der Waals surface area contributed by atoms with Crippen LogP contribution < -0.4 is 4.90 Å². The molecule has 0 N–H and O–H groups in total. The average molecular weight is 479 g/mol. The van der Waals surface area contributed by atoms with Gasteiger partial charge in [0.2, 0.25) is 0 Å². The van der Waals surface area contributed by atoms with Crippen molar-refractivity contribution in [3.63, 3.8) is 0 Å². The van der Waals surface area contributed by atoms with Gasteiger partial charge in [-0.25, -0.2) is 9.97 Å². The Morgan fingerprint density at radius 1 is 1.18 bits per heavy atom. The lowest BCUT2D eigenvalue weighted by Crippen LogP contribution is -2.38. The van der Waals surface area contributed by atoms with Gasteiger partial charge in [0.15, 0.2) is 17.2 Å². The highest BCUT2D eigenvalue weighted by atomic mass is 28.3. The molecular formula is C26H34N4O3Si. The van der Waals surface area contributed by atoms with Crippen molar-refractivity contribution in [2.24, 2.45) is 5.41 Å². The molecule has 1 aliphatic rings. The first-order valence-corrected chi connectivity index (χ1v) is 15.5. The molecule has 7 nitrogen and oxygen atoms in total. The van der Waals surface area contributed by atoms with Gasteiger partial charge < -0.3 is 9.30 Å². The topological polar surface area (TPSA) is 77.3 Å². The highest BCUT2D eigenvalue weighted by molar-refractivity contribution is 6.76. The molecule has 3 aromatic rings. The molecule has 1 amide bonds. The predicted octanol–water partition coefficient (Wildman–Crippen LogP) is 5.18. The van der Waals surface area contributed by atoms with E-state index in [1.807, 2.05) is 49.6 Å². The molecule has 0 saturated carbocycles. The molecule has 1 aromatic carbocycles. The summed E-state index contributed by atoms with van der Waals surface area (Å²) in [6.07, 6.45) is 4.17. The number of rotatable bonds is 7. The van der Waals surface area contributed by atoms with Crippen LogP contribution in [0.4, 0.5) is 5.82 Å². The minimum absolute atomic E-state index is 0.0138. The summed E-state index contributed by atoms with van der Waals surface area (Å²) < 4.78 is 7.79. The fourth-order valence-corrected chi connectivity index (χ4v) is 4.78. The number of Topliss-reactive ketones (excluding diaryl/α,β-unsaturated/α-hetero) is 1. The number of ether oxygens (including phenoxy) is 1. The van der Waals surface area contributed by atoms with Crippen molar-refractivity contribution in [3.8, 4) is 0 Å². The zero-order chi connectivity index (χ0) is 24.7. The number of carbonyl (C=O) groups is 2. The lowest BCUT2D eigenvalue weighted by Gasteiger charge is -2.27. The van der Waals surface area contributed by atoms with E-state index in [0.29, 0.717) is 48.0 Å². The number of hydrogen-bond donors (Lipinski definition) is 0. The van der Waals surface area contributed by atoms with E-state index in [4.69, 9.17) is 9.72 Å². The SMILES string of the molecule is CC(C)(C)C(=O)c1cn(COCC[Si](C)(C)C)c2ncc(N3CCc4ccccc4C3=O)nc12. The number of hydrogen-bond acceptors (Lipinski definition) is 5. The Morgan fingerprint density at radius 3 is 2.62 bits per heavy atom. The van der Waals surface area contributed by atoms with E-state index in [2.05, 4.69) is 24.6 Å². The molecule has 1 aliphatic heterocycles. The molecule has 0 atom stereocenters. The van der Waals surface area contributed by atoms with Crippen molar-refractivity contribution in [1.29, 1.82) is 0 Å². The number of nitrogens with zero attached hydrogens (tertiary/aromatic N) is 4. The predicted molar refractivity (Wildman–Crippen MR) is 137 cm³/mol. The first-order valence-electron chi connectivity index (χ1n) is 11.8. The molecule has 3 heterocycles. The maximum absolute atomic E-state index is 13.3. The number of anilines is 1. The first kappa shape index (κ1) is 24.3. The smallest absolute Gasteiger partial charge is 0.259 e. The molecule has 0 aliphatic carbocycles. The molecule has 34 heavy (non-hydrogen) atoms. The lowest BCUT2D eigenvalue weighted by molar-refractivity contribution is 0.0849. The third kappa shape index (κ3) is 4.98. The molecule has 0 radical (unpaired) electrons. The van der Waals surface area contributed by atoms with Crippen molar-refractivity contribution in [1.82, 2.24) is 14.5 Å². The van der Waals surface area contributed by atoms with Gasteiger partial charge in [-0.2, -0.15) is 0 Å². The number of ketones is 1. The fourth-order valence-electron chi connectivity index (χ4n) is 4.03. The summed E-state index contributed by atoms with van der Waals surface area (Å²) in [5.74, 6) is 0.362. The fraction of sp³-hybridized carbons (Fsp3) is 0.462. The van der Waals surface area contributed by atoms with Crippen molar-refractivity contribution in [3.05, 3.63) is 53.3 Å². The van der Waals surface area contributed by atoms with Gasteiger partial charge in [0, 0.05) is 38.4 Å². The first-order chi connectivity index (χ1) is 16.0. The van der Waals surface area contributed by atoms with Crippen LogP contribution in [-0.2, 0) is 17.9 Å². The summed E-state index contributed by atoms with van der Waals surface area (Å²) in [7, 11) is -1.20. The number of aromatic nitrogens is 3. The standard InChI is InChI=1S/C26H34N4O3Si/c1-26(2,3)23(31)20-16-29(17-33-13-14-34(4,5)6)24-22(20)28-21(15-27-24)30-12-11-18-9-7-8-10-19(18)25(30)32/h7-10,15-16H,11-14,17H2,1-6H3. The molecule has 0 saturated heterocycles. The number of benzene rings is 1. The average Bonchev–Trinajstić information content (AvgIpc) is 3.13. The molecule has 0 unspecified atom stereocenters. The van der Waals surface area contributed by atoms with Gasteiger partial charge in [-0.15, -0.1) is 0 Å². The van der Waals surface area contributed by atoms with Gasteiger partial charge in [0.25, 0.3) is 5.91 Å². The quantitative estimate of drug-likeness (QED) is 0.266. The minimum atomic E-state index is -1.20. The van der Waals surface area contributed by atoms with E-state index >= 15 is 0 Å². The summed E-state index contributed by atoms with van der Waals surface area (Å²) in [5.41, 5.74) is 2.77. The van der Waals surface area contributed by atoms with Crippen LogP contribution in [0.25, 0.3) is 11.2 Å². The largest absolute Gasteiger partial charge is 0.361 e. The van der Waals surface area contributed by atoms with E-state index in [1.165, 1.54) is 0 Å². The second-order valence-corrected chi connectivity index (χ2v) is 16.8. The Hall–Kier alpha value is -2.84. The van der Waals surface area contributed by atoms with Crippen LogP contribution >= 0.6 is 0 Å². The Morgan fingerprint density at radius 2 is 1.91 bits per heavy atom. The van der Waals surface area contributed by atoms with Crippen LogP contribution in [-0.4, -0.2) is 47.5 Å². The molecule has 180 valence electrons. The lowest BCUT2D eigenvalue weighted by atomic mass is 9.87. The highest BCUT2D eigenvalue weighted by Crippen LogP contribution is 2.29. The van der Waals surface area contributed by atoms with Gasteiger partial charge in [-0.05, 0) is 24.1 Å². The Labute approximate surface area is 202 Å². The van der Waals surface area contributed by atoms with Crippen LogP contribution in [0.2, 0.25) is 25.7 Å². The van der Waals surface area contributed by atoms with E-state index in [9.17, 15) is 9.59 Å². The van der Waals surface area contributed by atoms with E-state index < -0.39 is 13.5 Å². The van der Waals surface area contributed by atoms with Gasteiger partial charge in [0.1, 0.15) is 12.2 Å². The molecule has 2 aromatic heterocycles. The van der Waals surface area contributed by atoms with Crippen molar-refractivity contribution in [2.75, 3.05) is 18.1 Å². The number of amides is 1. The zero-order valence-corrected chi connectivity index (χ0v) is 22.0. The van der Waals surface area contributed by atoms with Crippen LogP contribution in [0.15, 0.2) is 36.7 Å². The maximum Gasteiger partial charge on any atom is 0.259 e. The normalized spacial score (nSPS) is 14.5. The third-order valence-corrected chi connectivity index (χ3v) is 7.78. The second-order valence-electron chi connectivity index (χ2n) is 11.2. The monoisotopic (exact) mass is 478 g/mol. The summed E-state index contributed by atoms with van der Waals surface area (Å²) >= 11 is 0. The molecule has 4 rings (SSSR count). The van der Waals surface area contributed by atoms with Crippen LogP contribution in [0, 0.1) is 5.41 Å². The zero-order valence-electron chi connectivity index (χ0n) is 21.0. The maximum atomic E-state index is 13.3. The van der Waals surface area contributed by atoms with Gasteiger partial charge in [0.05, 0.1) is 11.8 Å². The number of fused-ring (bicyclic) bond motifs is 2. The van der Waals surface area contributed by atoms with E-state index in [-0.39, 0.29) is 11.7 Å². The highest BCUT2D eigenvalue weighted by Gasteiger charge is 2.30. The van der Waals surface area contributed by atoms with Crippen molar-refractivity contribution in [2.45, 2.75) is 59.6 Å². The van der Waals surface area contributed by atoms with Crippen molar-refractivity contribution < 1.29 is 14.3 Å². The van der Waals surface area contributed by atoms with E-state index in [0.717, 1.165) is 18.0 Å². The van der Waals surface area contributed by atoms with Crippen LogP contribution in [0.3, 0.4) is 0 Å². The summed E-state index contributed by atoms with van der Waals surface area (Å²) in [6, 6.07) is 8.72. The van der Waals surface area contributed by atoms with E-state index in [1.54, 1.807) is 17.3 Å². The van der Waals surface area contributed by atoms with Gasteiger partial charge in [-0.1, -0.05) is 58.6 Å². The molecule has 0 fully saturated rings. The third-order valence-electron chi connectivity index (χ3n) is 6.08. The molecular weight excluding hydrogens is 444 g/mol. The number of carbonyl (C=O) groups excluding carboxylic acids is 2. The van der Waals surface area contributed by atoms with Gasteiger partial charge in [-0.3, -0.25) is 14.5 Å². The summed E-state index contributed by atoms with van der Waals surface area (Å²) in [5, 5.41) is 0. The van der Waals surface area contributed by atoms with Crippen LogP contribution in [0.5, 0.6) is 0 Å². The Balaban J connectivity index is 1.69.